The van der Waals surface area contributed by atoms with Crippen molar-refractivity contribution < 1.29 is 59.0 Å². The monoisotopic (exact) mass is 749 g/mol. The molecule has 1 saturated carbocycles. The van der Waals surface area contributed by atoms with Gasteiger partial charge in [0.15, 0.2) is 0 Å². The van der Waals surface area contributed by atoms with E-state index in [-0.39, 0.29) is 6.42 Å². The quantitative estimate of drug-likeness (QED) is 0.0297. The average Bonchev–Trinajstić information content (AvgIpc) is 3.09. The van der Waals surface area contributed by atoms with Gasteiger partial charge in [0.25, 0.3) is 0 Å². The molecule has 1 aliphatic rings. The first kappa shape index (κ1) is 47.5. The lowest BCUT2D eigenvalue weighted by molar-refractivity contribution is -0.220. The molecule has 8 atom stereocenters. The summed E-state index contributed by atoms with van der Waals surface area (Å²) in [7, 11) is -5.14. The Morgan fingerprint density at radius 3 is 1.69 bits per heavy atom. The number of rotatable bonds is 29. The Morgan fingerprint density at radius 2 is 1.16 bits per heavy atom. The number of nitrogens with one attached hydrogen (secondary N) is 1. The van der Waals surface area contributed by atoms with Gasteiger partial charge in [0.05, 0.1) is 31.3 Å². The summed E-state index contributed by atoms with van der Waals surface area (Å²) in [6.45, 7) is 3.58. The molecule has 0 aromatic carbocycles. The second-order valence-electron chi connectivity index (χ2n) is 13.6. The zero-order chi connectivity index (χ0) is 38.1. The van der Waals surface area contributed by atoms with E-state index in [0.717, 1.165) is 51.4 Å². The number of aliphatic hydroxyl groups is 7. The molecule has 1 amide bonds. The third-order valence-corrected chi connectivity index (χ3v) is 9.92. The normalized spacial score (nSPS) is 25.8. The highest BCUT2D eigenvalue weighted by Crippen LogP contribution is 2.47. The van der Waals surface area contributed by atoms with Crippen LogP contribution in [-0.2, 0) is 18.4 Å². The SMILES string of the molecule is CCC/C=C/CC/C=C/CC/C=C/C(O)C(COP(=O)(O)OC1C(O)C(O)C(O)C(O)C1O)NC(=O)CC(O)CCCCCCCCCCCC. The van der Waals surface area contributed by atoms with Gasteiger partial charge in [-0.15, -0.1) is 0 Å². The Kier molecular flexibility index (Phi) is 26.1. The Bertz CT molecular complexity index is 1030. The van der Waals surface area contributed by atoms with E-state index in [9.17, 15) is 50.0 Å². The number of unbranched alkanes of at least 4 members (excludes halogenated alkanes) is 12. The summed E-state index contributed by atoms with van der Waals surface area (Å²) < 4.78 is 22.7. The first-order chi connectivity index (χ1) is 24.3. The summed E-state index contributed by atoms with van der Waals surface area (Å²) in [5.74, 6) is -0.612. The zero-order valence-corrected chi connectivity index (χ0v) is 31.6. The van der Waals surface area contributed by atoms with E-state index in [4.69, 9.17) is 9.05 Å². The van der Waals surface area contributed by atoms with Crippen molar-refractivity contribution in [3.05, 3.63) is 36.5 Å². The van der Waals surface area contributed by atoms with Crippen LogP contribution >= 0.6 is 7.82 Å². The van der Waals surface area contributed by atoms with Crippen LogP contribution in [0.3, 0.4) is 0 Å². The molecule has 1 aliphatic carbocycles. The van der Waals surface area contributed by atoms with E-state index in [0.29, 0.717) is 19.3 Å². The molecule has 0 aromatic heterocycles. The molecular formula is C37H68NO12P. The van der Waals surface area contributed by atoms with E-state index in [2.05, 4.69) is 37.4 Å². The molecule has 1 rings (SSSR count). The van der Waals surface area contributed by atoms with Gasteiger partial charge >= 0.3 is 7.82 Å². The second-order valence-corrected chi connectivity index (χ2v) is 15.0. The number of phosphoric acid groups is 1. The van der Waals surface area contributed by atoms with E-state index in [1.807, 2.05) is 6.08 Å². The van der Waals surface area contributed by atoms with Crippen molar-refractivity contribution in [3.8, 4) is 0 Å². The second kappa shape index (κ2) is 28.0. The maximum atomic E-state index is 12.9. The number of phosphoric ester groups is 1. The third kappa shape index (κ3) is 21.1. The molecule has 51 heavy (non-hydrogen) atoms. The Labute approximate surface area is 305 Å². The minimum atomic E-state index is -5.14. The summed E-state index contributed by atoms with van der Waals surface area (Å²) in [6.07, 6.45) is 14.2. The molecule has 0 spiro atoms. The average molecular weight is 750 g/mol. The van der Waals surface area contributed by atoms with Gasteiger partial charge in [-0.25, -0.2) is 4.57 Å². The van der Waals surface area contributed by atoms with Crippen molar-refractivity contribution in [3.63, 3.8) is 0 Å². The highest BCUT2D eigenvalue weighted by Gasteiger charge is 2.51. The third-order valence-electron chi connectivity index (χ3n) is 8.94. The van der Waals surface area contributed by atoms with Crippen molar-refractivity contribution in [2.45, 2.75) is 184 Å². The lowest BCUT2D eigenvalue weighted by Crippen LogP contribution is -2.64. The van der Waals surface area contributed by atoms with Crippen molar-refractivity contribution in [1.29, 1.82) is 0 Å². The highest BCUT2D eigenvalue weighted by molar-refractivity contribution is 7.47. The Morgan fingerprint density at radius 1 is 0.686 bits per heavy atom. The first-order valence-electron chi connectivity index (χ1n) is 19.0. The maximum Gasteiger partial charge on any atom is 0.472 e. The minimum absolute atomic E-state index is 0.255. The highest BCUT2D eigenvalue weighted by atomic mass is 31.2. The van der Waals surface area contributed by atoms with E-state index in [1.54, 1.807) is 6.08 Å². The van der Waals surface area contributed by atoms with Crippen LogP contribution < -0.4 is 5.32 Å². The summed E-state index contributed by atoms with van der Waals surface area (Å²) in [6, 6.07) is -1.26. The molecule has 298 valence electrons. The van der Waals surface area contributed by atoms with Gasteiger partial charge in [0.1, 0.15) is 36.6 Å². The molecule has 8 unspecified atom stereocenters. The standard InChI is InChI=1S/C37H68NO12P/c1-3-5-7-9-11-13-15-17-19-21-23-25-30(40)29(27-49-51(47,48)50-37-35(45)33(43)32(42)34(44)36(37)46)38-31(41)26-28(39)24-22-20-18-16-14-12-10-8-6-4-2/h7,9,15,17,23,25,28-30,32-37,39-40,42-46H,3-6,8,10-14,16,18-22,24,26-27H2,1-2H3,(H,38,41)(H,47,48)/b9-7+,17-15+,25-23+. The van der Waals surface area contributed by atoms with Crippen LogP contribution in [0.1, 0.15) is 129 Å². The summed E-state index contributed by atoms with van der Waals surface area (Å²) in [5.41, 5.74) is 0. The van der Waals surface area contributed by atoms with Crippen LogP contribution in [0, 0.1) is 0 Å². The van der Waals surface area contributed by atoms with Crippen LogP contribution in [0.15, 0.2) is 36.5 Å². The molecular weight excluding hydrogens is 681 g/mol. The van der Waals surface area contributed by atoms with Crippen LogP contribution in [0.5, 0.6) is 0 Å². The largest absolute Gasteiger partial charge is 0.472 e. The van der Waals surface area contributed by atoms with Gasteiger partial charge in [-0.1, -0.05) is 121 Å². The van der Waals surface area contributed by atoms with Gasteiger partial charge in [0.2, 0.25) is 5.91 Å². The Hall–Kier alpha value is -1.48. The molecule has 14 heteroatoms. The molecule has 9 N–H and O–H groups in total. The maximum absolute atomic E-state index is 12.9. The van der Waals surface area contributed by atoms with Crippen molar-refractivity contribution in [1.82, 2.24) is 5.32 Å². The molecule has 0 heterocycles. The van der Waals surface area contributed by atoms with Crippen LogP contribution in [0.4, 0.5) is 0 Å². The predicted octanol–water partition coefficient (Wildman–Crippen LogP) is 4.24. The van der Waals surface area contributed by atoms with E-state index < -0.39 is 75.2 Å². The number of amides is 1. The van der Waals surface area contributed by atoms with Crippen LogP contribution in [0.2, 0.25) is 0 Å². The number of allylic oxidation sites excluding steroid dienone is 5. The number of aliphatic hydroxyl groups excluding tert-OH is 7. The lowest BCUT2D eigenvalue weighted by Gasteiger charge is -2.41. The molecule has 0 bridgehead atoms. The summed E-state index contributed by atoms with van der Waals surface area (Å²) in [5, 5.41) is 73.9. The molecule has 0 aromatic rings. The van der Waals surface area contributed by atoms with Crippen LogP contribution in [-0.4, -0.2) is 108 Å². The van der Waals surface area contributed by atoms with E-state index >= 15 is 0 Å². The number of carbonyl (C=O) groups is 1. The fourth-order valence-corrected chi connectivity index (χ4v) is 6.71. The number of hydrogen-bond donors (Lipinski definition) is 9. The van der Waals surface area contributed by atoms with Gasteiger partial charge < -0.3 is 46.0 Å². The smallest absolute Gasteiger partial charge is 0.393 e. The Balaban J connectivity index is 2.71. The minimum Gasteiger partial charge on any atom is -0.393 e. The van der Waals surface area contributed by atoms with Gasteiger partial charge in [0, 0.05) is 0 Å². The molecule has 0 radical (unpaired) electrons. The van der Waals surface area contributed by atoms with Gasteiger partial charge in [-0.05, 0) is 38.5 Å². The van der Waals surface area contributed by atoms with Crippen molar-refractivity contribution in [2.75, 3.05) is 6.61 Å². The molecule has 0 saturated heterocycles. The topological polar surface area (TPSA) is 226 Å². The summed E-state index contributed by atoms with van der Waals surface area (Å²) in [4.78, 5) is 23.2. The zero-order valence-electron chi connectivity index (χ0n) is 30.8. The van der Waals surface area contributed by atoms with Gasteiger partial charge in [-0.3, -0.25) is 13.8 Å². The van der Waals surface area contributed by atoms with Crippen LogP contribution in [0.25, 0.3) is 0 Å². The molecule has 0 aliphatic heterocycles. The fourth-order valence-electron chi connectivity index (χ4n) is 5.75. The fraction of sp³-hybridized carbons (Fsp3) is 0.811. The molecule has 13 nitrogen and oxygen atoms in total. The van der Waals surface area contributed by atoms with Gasteiger partial charge in [-0.2, -0.15) is 0 Å². The first-order valence-corrected chi connectivity index (χ1v) is 20.5. The molecule has 1 fully saturated rings. The number of hydrogen-bond acceptors (Lipinski definition) is 11. The van der Waals surface area contributed by atoms with Crippen molar-refractivity contribution in [2.24, 2.45) is 0 Å². The van der Waals surface area contributed by atoms with E-state index in [1.165, 1.54) is 44.6 Å². The number of carbonyl (C=O) groups excluding carboxylic acids is 1. The lowest BCUT2D eigenvalue weighted by atomic mass is 9.85. The summed E-state index contributed by atoms with van der Waals surface area (Å²) >= 11 is 0. The predicted molar refractivity (Wildman–Crippen MR) is 197 cm³/mol. The van der Waals surface area contributed by atoms with Crippen molar-refractivity contribution >= 4 is 13.7 Å².